The van der Waals surface area contributed by atoms with Gasteiger partial charge in [-0.3, -0.25) is 9.78 Å². The third-order valence-corrected chi connectivity index (χ3v) is 3.06. The summed E-state index contributed by atoms with van der Waals surface area (Å²) in [5.74, 6) is -0.181. The Morgan fingerprint density at radius 2 is 2.00 bits per heavy atom. The maximum atomic E-state index is 12.2. The lowest BCUT2D eigenvalue weighted by molar-refractivity contribution is 0.0855. The Bertz CT molecular complexity index is 629. The highest BCUT2D eigenvalue weighted by Gasteiger charge is 2.26. The van der Waals surface area contributed by atoms with Crippen LogP contribution in [0.25, 0.3) is 10.9 Å². The van der Waals surface area contributed by atoms with Gasteiger partial charge in [0, 0.05) is 23.1 Å². The van der Waals surface area contributed by atoms with Gasteiger partial charge in [0.15, 0.2) is 5.78 Å². The van der Waals surface area contributed by atoms with Crippen LogP contribution in [0.4, 0.5) is 0 Å². The molecule has 0 spiro atoms. The van der Waals surface area contributed by atoms with E-state index in [0.717, 1.165) is 0 Å². The van der Waals surface area contributed by atoms with E-state index in [-0.39, 0.29) is 17.1 Å². The number of hydrogen-bond donors (Lipinski definition) is 1. The number of aromatic nitrogens is 1. The van der Waals surface area contributed by atoms with E-state index in [2.05, 4.69) is 4.98 Å². The van der Waals surface area contributed by atoms with E-state index in [1.54, 1.807) is 18.3 Å². The fraction of sp³-hybridized carbons (Fsp3) is 0.286. The number of nitrogens with zero attached hydrogens (tertiary/aromatic N) is 1. The molecule has 0 bridgehead atoms. The molecule has 1 aromatic heterocycles. The van der Waals surface area contributed by atoms with Crippen molar-refractivity contribution in [2.75, 3.05) is 0 Å². The quantitative estimate of drug-likeness (QED) is 0.796. The van der Waals surface area contributed by atoms with E-state index in [1.807, 2.05) is 20.8 Å². The maximum absolute atomic E-state index is 12.2. The van der Waals surface area contributed by atoms with Crippen molar-refractivity contribution in [3.8, 4) is 5.75 Å². The molecule has 4 heteroatoms. The fourth-order valence-electron chi connectivity index (χ4n) is 1.73. The smallest absolute Gasteiger partial charge is 0.171 e. The molecule has 0 aliphatic rings. The van der Waals surface area contributed by atoms with Gasteiger partial charge < -0.3 is 5.11 Å². The van der Waals surface area contributed by atoms with E-state index in [1.165, 1.54) is 6.07 Å². The molecule has 0 amide bonds. The first-order chi connectivity index (χ1) is 8.30. The van der Waals surface area contributed by atoms with Gasteiger partial charge in [0.25, 0.3) is 0 Å². The van der Waals surface area contributed by atoms with E-state index in [0.29, 0.717) is 15.9 Å². The largest absolute Gasteiger partial charge is 0.507 e. The molecule has 2 aromatic rings. The monoisotopic (exact) mass is 263 g/mol. The molecule has 1 heterocycles. The number of carbonyl (C=O) groups is 1. The molecule has 94 valence electrons. The summed E-state index contributed by atoms with van der Waals surface area (Å²) in [4.78, 5) is 16.3. The van der Waals surface area contributed by atoms with Crippen LogP contribution in [0.15, 0.2) is 24.4 Å². The summed E-state index contributed by atoms with van der Waals surface area (Å²) in [5, 5.41) is 11.1. The molecule has 3 nitrogen and oxygen atoms in total. The predicted molar refractivity (Wildman–Crippen MR) is 72.2 cm³/mol. The maximum Gasteiger partial charge on any atom is 0.171 e. The van der Waals surface area contributed by atoms with Gasteiger partial charge in [0.2, 0.25) is 0 Å². The number of benzene rings is 1. The molecule has 1 N–H and O–H groups in total. The average Bonchev–Trinajstić information content (AvgIpc) is 2.26. The van der Waals surface area contributed by atoms with E-state index < -0.39 is 5.41 Å². The van der Waals surface area contributed by atoms with E-state index in [9.17, 15) is 9.90 Å². The third-order valence-electron chi connectivity index (χ3n) is 2.73. The van der Waals surface area contributed by atoms with Crippen LogP contribution in [-0.2, 0) is 0 Å². The topological polar surface area (TPSA) is 50.2 Å². The Balaban J connectivity index is 2.70. The lowest BCUT2D eigenvalue weighted by Crippen LogP contribution is -2.20. The Hall–Kier alpha value is -1.61. The summed E-state index contributed by atoms with van der Waals surface area (Å²) in [7, 11) is 0. The van der Waals surface area contributed by atoms with Crippen molar-refractivity contribution in [1.29, 1.82) is 0 Å². The summed E-state index contributed by atoms with van der Waals surface area (Å²) in [6.45, 7) is 5.43. The number of carbonyl (C=O) groups excluding carboxylic acids is 1. The molecule has 0 radical (unpaired) electrons. The summed E-state index contributed by atoms with van der Waals surface area (Å²) in [6.07, 6.45) is 1.56. The summed E-state index contributed by atoms with van der Waals surface area (Å²) in [5.41, 5.74) is 0.301. The third kappa shape index (κ3) is 2.18. The zero-order chi connectivity index (χ0) is 13.5. The number of halogens is 1. The molecule has 0 aliphatic carbocycles. The second-order valence-electron chi connectivity index (χ2n) is 5.26. The minimum absolute atomic E-state index is 0.0582. The number of fused-ring (bicyclic) bond motifs is 1. The first-order valence-electron chi connectivity index (χ1n) is 5.63. The molecule has 2 rings (SSSR count). The second-order valence-corrected chi connectivity index (χ2v) is 5.67. The molecule has 0 unspecified atom stereocenters. The Labute approximate surface area is 110 Å². The first-order valence-corrected chi connectivity index (χ1v) is 6.00. The average molecular weight is 264 g/mol. The van der Waals surface area contributed by atoms with Crippen LogP contribution in [-0.4, -0.2) is 15.9 Å². The number of ketones is 1. The Morgan fingerprint density at radius 3 is 2.61 bits per heavy atom. The fourth-order valence-corrected chi connectivity index (χ4v) is 1.94. The Kier molecular flexibility index (Phi) is 3.03. The number of rotatable bonds is 1. The number of Topliss-reactive ketones (excluding diaryl/α,β-unsaturated/α-hetero) is 1. The van der Waals surface area contributed by atoms with Crippen molar-refractivity contribution >= 4 is 28.3 Å². The second kappa shape index (κ2) is 4.25. The van der Waals surface area contributed by atoms with Crippen molar-refractivity contribution in [2.24, 2.45) is 5.41 Å². The van der Waals surface area contributed by atoms with Gasteiger partial charge in [0.1, 0.15) is 5.75 Å². The van der Waals surface area contributed by atoms with E-state index >= 15 is 0 Å². The molecule has 0 saturated carbocycles. The van der Waals surface area contributed by atoms with Crippen LogP contribution in [0.5, 0.6) is 5.75 Å². The van der Waals surface area contributed by atoms with Gasteiger partial charge in [-0.15, -0.1) is 0 Å². The van der Waals surface area contributed by atoms with Gasteiger partial charge >= 0.3 is 0 Å². The first kappa shape index (κ1) is 12.8. The van der Waals surface area contributed by atoms with Crippen LogP contribution in [0, 0.1) is 5.41 Å². The molecule has 0 fully saturated rings. The SMILES string of the molecule is CC(C)(C)C(=O)c1cc2c(Cl)ccnc2cc1O. The number of phenolic OH excluding ortho intramolecular Hbond substituents is 1. The van der Waals surface area contributed by atoms with Crippen molar-refractivity contribution in [1.82, 2.24) is 4.98 Å². The van der Waals surface area contributed by atoms with Crippen molar-refractivity contribution in [2.45, 2.75) is 20.8 Å². The van der Waals surface area contributed by atoms with Crippen LogP contribution in [0.1, 0.15) is 31.1 Å². The predicted octanol–water partition coefficient (Wildman–Crippen LogP) is 3.82. The Morgan fingerprint density at radius 1 is 1.33 bits per heavy atom. The van der Waals surface area contributed by atoms with Gasteiger partial charge in [0.05, 0.1) is 16.1 Å². The van der Waals surface area contributed by atoms with Gasteiger partial charge in [-0.2, -0.15) is 0 Å². The molecule has 0 atom stereocenters. The van der Waals surface area contributed by atoms with Crippen LogP contribution >= 0.6 is 11.6 Å². The molecular weight excluding hydrogens is 250 g/mol. The number of pyridine rings is 1. The molecule has 18 heavy (non-hydrogen) atoms. The molecule has 0 aliphatic heterocycles. The van der Waals surface area contributed by atoms with Crippen LogP contribution in [0.3, 0.4) is 0 Å². The number of hydrogen-bond acceptors (Lipinski definition) is 3. The minimum atomic E-state index is -0.556. The lowest BCUT2D eigenvalue weighted by Gasteiger charge is -2.17. The molecular formula is C14H14ClNO2. The van der Waals surface area contributed by atoms with Gasteiger partial charge in [-0.1, -0.05) is 32.4 Å². The van der Waals surface area contributed by atoms with E-state index in [4.69, 9.17) is 11.6 Å². The highest BCUT2D eigenvalue weighted by atomic mass is 35.5. The van der Waals surface area contributed by atoms with Crippen LogP contribution < -0.4 is 0 Å². The highest BCUT2D eigenvalue weighted by Crippen LogP contribution is 2.32. The number of aromatic hydroxyl groups is 1. The summed E-state index contributed by atoms with van der Waals surface area (Å²) < 4.78 is 0. The van der Waals surface area contributed by atoms with Crippen LogP contribution in [0.2, 0.25) is 5.02 Å². The van der Waals surface area contributed by atoms with Crippen molar-refractivity contribution in [3.63, 3.8) is 0 Å². The zero-order valence-electron chi connectivity index (χ0n) is 10.5. The molecule has 0 saturated heterocycles. The summed E-state index contributed by atoms with van der Waals surface area (Å²) >= 11 is 6.07. The summed E-state index contributed by atoms with van der Waals surface area (Å²) in [6, 6.07) is 4.74. The van der Waals surface area contributed by atoms with Gasteiger partial charge in [-0.25, -0.2) is 0 Å². The minimum Gasteiger partial charge on any atom is -0.507 e. The standard InChI is InChI=1S/C14H14ClNO2/c1-14(2,3)13(18)9-6-8-10(15)4-5-16-11(8)7-12(9)17/h4-7,17H,1-3H3. The van der Waals surface area contributed by atoms with Crippen molar-refractivity contribution < 1.29 is 9.90 Å². The highest BCUT2D eigenvalue weighted by molar-refractivity contribution is 6.35. The van der Waals surface area contributed by atoms with Gasteiger partial charge in [-0.05, 0) is 12.1 Å². The zero-order valence-corrected chi connectivity index (χ0v) is 11.2. The molecule has 1 aromatic carbocycles. The number of phenols is 1. The van der Waals surface area contributed by atoms with Crippen molar-refractivity contribution in [3.05, 3.63) is 35.0 Å². The normalized spacial score (nSPS) is 11.8. The lowest BCUT2D eigenvalue weighted by atomic mass is 9.86.